The lowest BCUT2D eigenvalue weighted by Gasteiger charge is -2.39. The molecule has 0 aliphatic carbocycles. The third-order valence-electron chi connectivity index (χ3n) is 8.30. The molecule has 42 heavy (non-hydrogen) atoms. The van der Waals surface area contributed by atoms with Crippen molar-refractivity contribution in [3.8, 4) is 12.1 Å². The predicted molar refractivity (Wildman–Crippen MR) is 174 cm³/mol. The van der Waals surface area contributed by atoms with Gasteiger partial charge in [0.25, 0.3) is 0 Å². The molecule has 0 spiro atoms. The number of anilines is 2. The third kappa shape index (κ3) is 7.44. The average molecular weight is 592 g/mol. The Labute approximate surface area is 256 Å². The predicted octanol–water partition coefficient (Wildman–Crippen LogP) is 6.02. The van der Waals surface area contributed by atoms with E-state index in [9.17, 15) is 0 Å². The van der Waals surface area contributed by atoms with Crippen LogP contribution in [0.15, 0.2) is 36.4 Å². The Kier molecular flexibility index (Phi) is 11.3. The molecule has 1 aromatic heterocycles. The van der Waals surface area contributed by atoms with Gasteiger partial charge < -0.3 is 19.4 Å². The van der Waals surface area contributed by atoms with Gasteiger partial charge in [-0.1, -0.05) is 49.2 Å². The number of hydrogen-bond donors (Lipinski definition) is 0. The molecule has 226 valence electrons. The molecule has 5 rings (SSSR count). The molecular formula is C33H46ClN7O. The Morgan fingerprint density at radius 3 is 2.36 bits per heavy atom. The summed E-state index contributed by atoms with van der Waals surface area (Å²) >= 11 is 6.70. The maximum atomic E-state index is 7.32. The first kappa shape index (κ1) is 31.8. The summed E-state index contributed by atoms with van der Waals surface area (Å²) < 4.78 is 6.33. The number of likely N-dealkylation sites (N-methyl/N-ethyl adjacent to an activating group) is 1. The highest BCUT2D eigenvalue weighted by molar-refractivity contribution is 6.36. The van der Waals surface area contributed by atoms with Gasteiger partial charge in [0.05, 0.1) is 23.3 Å². The Balaban J connectivity index is 0.00000129. The smallest absolute Gasteiger partial charge is 0.318 e. The zero-order valence-electron chi connectivity index (χ0n) is 26.1. The van der Waals surface area contributed by atoms with Gasteiger partial charge in [-0.2, -0.15) is 15.2 Å². The van der Waals surface area contributed by atoms with Crippen LogP contribution in [0.25, 0.3) is 10.8 Å². The lowest BCUT2D eigenvalue weighted by Crippen LogP contribution is -2.49. The van der Waals surface area contributed by atoms with Gasteiger partial charge in [-0.3, -0.25) is 4.90 Å². The highest BCUT2D eigenvalue weighted by Crippen LogP contribution is 2.37. The number of aromatic nitrogens is 2. The summed E-state index contributed by atoms with van der Waals surface area (Å²) in [5.41, 5.74) is 3.49. The van der Waals surface area contributed by atoms with E-state index >= 15 is 0 Å². The first-order valence-electron chi connectivity index (χ1n) is 15.2. The minimum atomic E-state index is 0.335. The van der Waals surface area contributed by atoms with Gasteiger partial charge in [0.2, 0.25) is 0 Å². The Morgan fingerprint density at radius 1 is 1.02 bits per heavy atom. The van der Waals surface area contributed by atoms with Crippen LogP contribution < -0.4 is 14.5 Å². The van der Waals surface area contributed by atoms with Crippen LogP contribution in [-0.2, 0) is 13.0 Å². The molecule has 2 aromatic carbocycles. The van der Waals surface area contributed by atoms with Crippen molar-refractivity contribution in [3.63, 3.8) is 0 Å². The number of benzene rings is 2. The van der Waals surface area contributed by atoms with Crippen LogP contribution in [0, 0.1) is 11.3 Å². The maximum Gasteiger partial charge on any atom is 0.318 e. The highest BCUT2D eigenvalue weighted by Gasteiger charge is 2.29. The number of halogens is 1. The topological polar surface area (TPSA) is 71.8 Å². The zero-order chi connectivity index (χ0) is 30.2. The normalized spacial score (nSPS) is 16.2. The van der Waals surface area contributed by atoms with Crippen LogP contribution >= 0.6 is 11.6 Å². The molecule has 0 saturated carbocycles. The van der Waals surface area contributed by atoms with Crippen LogP contribution in [0.5, 0.6) is 6.01 Å². The number of piperazine rings is 1. The molecule has 1 saturated heterocycles. The molecule has 2 aliphatic heterocycles. The lowest BCUT2D eigenvalue weighted by atomic mass is 10.0. The average Bonchev–Trinajstić information content (AvgIpc) is 2.98. The minimum absolute atomic E-state index is 0.335. The fourth-order valence-electron chi connectivity index (χ4n) is 5.90. The fraction of sp³-hybridized carbons (Fsp3) is 0.545. The second kappa shape index (κ2) is 14.9. The number of hydrogen-bond acceptors (Lipinski definition) is 8. The highest BCUT2D eigenvalue weighted by atomic mass is 35.5. The van der Waals surface area contributed by atoms with Crippen molar-refractivity contribution in [1.82, 2.24) is 19.8 Å². The molecule has 0 N–H and O–H groups in total. The van der Waals surface area contributed by atoms with Crippen molar-refractivity contribution in [2.75, 3.05) is 63.2 Å². The second-order valence-corrected chi connectivity index (χ2v) is 12.0. The molecule has 9 heteroatoms. The van der Waals surface area contributed by atoms with E-state index in [0.29, 0.717) is 31.2 Å². The van der Waals surface area contributed by atoms with Gasteiger partial charge in [-0.05, 0) is 58.3 Å². The van der Waals surface area contributed by atoms with Gasteiger partial charge in [-0.15, -0.1) is 0 Å². The summed E-state index contributed by atoms with van der Waals surface area (Å²) in [4.78, 5) is 19.7. The number of fused-ring (bicyclic) bond motifs is 2. The van der Waals surface area contributed by atoms with E-state index < -0.39 is 0 Å². The summed E-state index contributed by atoms with van der Waals surface area (Å²) in [7, 11) is 4.23. The summed E-state index contributed by atoms with van der Waals surface area (Å²) in [5, 5.41) is 10.4. The van der Waals surface area contributed by atoms with E-state index in [1.165, 1.54) is 12.5 Å². The molecule has 1 fully saturated rings. The zero-order valence-corrected chi connectivity index (χ0v) is 26.9. The second-order valence-electron chi connectivity index (χ2n) is 11.6. The van der Waals surface area contributed by atoms with Gasteiger partial charge in [0.1, 0.15) is 12.4 Å². The van der Waals surface area contributed by atoms with Crippen LogP contribution in [0.3, 0.4) is 0 Å². The molecule has 0 amide bonds. The standard InChI is InChI=1S/C31H43ClN6O.C2H3N/c1-6-9-24(35(4)5)21-39-31-33-27-20-38(28-13-8-11-23-10-7-12-26(32)29(23)28)15-14-25(27)30(34-31)37-18-16-36(17-19-37)22(2)3;1-2-3/h7-8,10-13,22,24H,6,9,14-21H2,1-5H3;1H3/t24-;/m0./s1. The summed E-state index contributed by atoms with van der Waals surface area (Å²) in [6.45, 7) is 14.4. The van der Waals surface area contributed by atoms with Crippen LogP contribution in [0.2, 0.25) is 5.02 Å². The Morgan fingerprint density at radius 2 is 1.71 bits per heavy atom. The molecular weight excluding hydrogens is 546 g/mol. The number of nitriles is 1. The number of nitrogens with zero attached hydrogens (tertiary/aromatic N) is 7. The first-order valence-corrected chi connectivity index (χ1v) is 15.6. The summed E-state index contributed by atoms with van der Waals surface area (Å²) in [6, 6.07) is 15.7. The van der Waals surface area contributed by atoms with E-state index in [1.54, 1.807) is 6.07 Å². The molecule has 0 bridgehead atoms. The Hall–Kier alpha value is -3.12. The fourth-order valence-corrected chi connectivity index (χ4v) is 6.18. The van der Waals surface area contributed by atoms with E-state index in [-0.39, 0.29) is 0 Å². The van der Waals surface area contributed by atoms with Crippen LogP contribution in [0.4, 0.5) is 11.5 Å². The van der Waals surface area contributed by atoms with Crippen molar-refractivity contribution in [1.29, 1.82) is 5.26 Å². The molecule has 3 heterocycles. The third-order valence-corrected chi connectivity index (χ3v) is 8.61. The molecule has 3 aromatic rings. The molecule has 0 unspecified atom stereocenters. The van der Waals surface area contributed by atoms with E-state index in [2.05, 4.69) is 78.7 Å². The van der Waals surface area contributed by atoms with Gasteiger partial charge in [-0.25, -0.2) is 0 Å². The van der Waals surface area contributed by atoms with Crippen LogP contribution in [-0.4, -0.2) is 85.3 Å². The van der Waals surface area contributed by atoms with Crippen LogP contribution in [0.1, 0.15) is 51.8 Å². The Bertz CT molecular complexity index is 1360. The first-order chi connectivity index (χ1) is 20.3. The SMILES string of the molecule is CC#N.CCC[C@@H](COc1nc2c(c(N3CCN(C(C)C)CC3)n1)CCN(c1cccc3cccc(Cl)c13)C2)N(C)C. The largest absolute Gasteiger partial charge is 0.462 e. The minimum Gasteiger partial charge on any atom is -0.462 e. The van der Waals surface area contributed by atoms with Crippen molar-refractivity contribution >= 4 is 33.9 Å². The van der Waals surface area contributed by atoms with Gasteiger partial charge in [0.15, 0.2) is 0 Å². The van der Waals surface area contributed by atoms with Crippen molar-refractivity contribution < 1.29 is 4.74 Å². The molecule has 8 nitrogen and oxygen atoms in total. The van der Waals surface area contributed by atoms with Gasteiger partial charge in [0, 0.05) is 68.4 Å². The van der Waals surface area contributed by atoms with Crippen molar-refractivity contribution in [2.45, 2.75) is 65.6 Å². The summed E-state index contributed by atoms with van der Waals surface area (Å²) in [6.07, 6.45) is 3.09. The molecule has 2 aliphatic rings. The van der Waals surface area contributed by atoms with E-state index in [1.807, 2.05) is 12.1 Å². The van der Waals surface area contributed by atoms with E-state index in [4.69, 9.17) is 31.6 Å². The van der Waals surface area contributed by atoms with Crippen molar-refractivity contribution in [2.24, 2.45) is 0 Å². The van der Waals surface area contributed by atoms with Gasteiger partial charge >= 0.3 is 6.01 Å². The molecule has 1 atom stereocenters. The lowest BCUT2D eigenvalue weighted by molar-refractivity contribution is 0.166. The molecule has 0 radical (unpaired) electrons. The maximum absolute atomic E-state index is 7.32. The quantitative estimate of drug-likeness (QED) is 0.299. The van der Waals surface area contributed by atoms with Crippen molar-refractivity contribution in [3.05, 3.63) is 52.7 Å². The summed E-state index contributed by atoms with van der Waals surface area (Å²) in [5.74, 6) is 1.06. The number of ether oxygens (including phenoxy) is 1. The number of rotatable bonds is 9. The van der Waals surface area contributed by atoms with E-state index in [0.717, 1.165) is 85.0 Å². The monoisotopic (exact) mass is 591 g/mol.